The molecule has 4 aromatic carbocycles. The van der Waals surface area contributed by atoms with Gasteiger partial charge >= 0.3 is 5.97 Å². The fraction of sp³-hybridized carbons (Fsp3) is 0.317. The number of anilines is 1. The highest BCUT2D eigenvalue weighted by Crippen LogP contribution is 2.45. The van der Waals surface area contributed by atoms with Crippen LogP contribution in [-0.4, -0.2) is 64.3 Å². The molecule has 4 N–H and O–H groups in total. The number of carbonyl (C=O) groups excluding carboxylic acids is 2. The lowest BCUT2D eigenvalue weighted by atomic mass is 9.91. The molecule has 2 aliphatic rings. The molecule has 0 aliphatic heterocycles. The lowest BCUT2D eigenvalue weighted by Gasteiger charge is -2.35. The van der Waals surface area contributed by atoms with Crippen molar-refractivity contribution in [2.45, 2.75) is 62.9 Å². The summed E-state index contributed by atoms with van der Waals surface area (Å²) in [6.07, 6.45) is 5.58. The third-order valence-corrected chi connectivity index (χ3v) is 10.4. The molecule has 50 heavy (non-hydrogen) atoms. The van der Waals surface area contributed by atoms with Gasteiger partial charge in [-0.1, -0.05) is 60.7 Å². The normalized spacial score (nSPS) is 17.7. The van der Waals surface area contributed by atoms with E-state index in [9.17, 15) is 19.8 Å². The molecule has 1 atom stereocenters. The summed E-state index contributed by atoms with van der Waals surface area (Å²) in [6, 6.07) is 30.1. The van der Waals surface area contributed by atoms with Crippen molar-refractivity contribution in [1.82, 2.24) is 14.8 Å². The summed E-state index contributed by atoms with van der Waals surface area (Å²) in [5.41, 5.74) is 7.53. The van der Waals surface area contributed by atoms with Crippen LogP contribution in [-0.2, 0) is 27.4 Å². The topological polar surface area (TPSA) is 116 Å². The number of amides is 1. The monoisotopic (exact) mass is 672 g/mol. The Morgan fingerprint density at radius 3 is 2.40 bits per heavy atom. The summed E-state index contributed by atoms with van der Waals surface area (Å²) in [5, 5.41) is 27.4. The molecule has 0 radical (unpaired) electrons. The fourth-order valence-electron chi connectivity index (χ4n) is 7.66. The fourth-order valence-corrected chi connectivity index (χ4v) is 7.66. The molecule has 1 aromatic heterocycles. The number of phenolic OH excluding ortho intramolecular Hbond substituents is 1. The summed E-state index contributed by atoms with van der Waals surface area (Å²) in [5.74, 6) is -0.528. The Balaban J connectivity index is 0.871. The summed E-state index contributed by atoms with van der Waals surface area (Å²) in [7, 11) is 2.20. The maximum Gasteiger partial charge on any atom is 0.318 e. The number of ether oxygens (including phenoxy) is 1. The third kappa shape index (κ3) is 7.03. The number of aromatic hydroxyl groups is 1. The van der Waals surface area contributed by atoms with Crippen LogP contribution in [0.5, 0.6) is 5.75 Å². The zero-order valence-electron chi connectivity index (χ0n) is 28.3. The number of hydrogen-bond donors (Lipinski definition) is 4. The first-order chi connectivity index (χ1) is 24.4. The SMILES string of the molecule is CN(CCn1ccc2cc(CNC[C@@H](O)c3ccc(O)c(NC=O)c3)ccc21)C1CCC(OC(=O)C2c3ccccc3-c3ccccc32)CC1. The molecule has 9 heteroatoms. The quantitative estimate of drug-likeness (QED) is 0.0656. The third-order valence-electron chi connectivity index (χ3n) is 10.4. The molecular formula is C41H44N4O5. The standard InChI is InChI=1S/C41H44N4O5/c1-44(30-12-14-31(15-13-30)50-41(49)40-34-8-4-2-6-32(34)33-7-3-5-9-35(33)40)20-21-45-19-18-28-22-27(10-16-37(28)45)24-42-25-39(48)29-11-17-38(47)36(23-29)43-26-46/h2-11,16-19,22-23,26,30-31,39-40,42,47-48H,12-15,20-21,24-25H2,1H3,(H,43,46)/t30?,31?,39-/m1/s1. The molecule has 0 unspecified atom stereocenters. The molecule has 9 nitrogen and oxygen atoms in total. The van der Waals surface area contributed by atoms with E-state index in [1.165, 1.54) is 17.0 Å². The van der Waals surface area contributed by atoms with Gasteiger partial charge in [-0.2, -0.15) is 0 Å². The Labute approximate surface area is 292 Å². The minimum Gasteiger partial charge on any atom is -0.506 e. The van der Waals surface area contributed by atoms with Crippen LogP contribution in [0.2, 0.25) is 0 Å². The Kier molecular flexibility index (Phi) is 9.98. The number of rotatable bonds is 13. The zero-order chi connectivity index (χ0) is 34.6. The van der Waals surface area contributed by atoms with E-state index in [0.717, 1.165) is 66.6 Å². The summed E-state index contributed by atoms with van der Waals surface area (Å²) in [4.78, 5) is 26.7. The Bertz CT molecular complexity index is 1940. The molecule has 5 aromatic rings. The van der Waals surface area contributed by atoms with Gasteiger partial charge < -0.3 is 35.1 Å². The van der Waals surface area contributed by atoms with Crippen LogP contribution in [0.4, 0.5) is 5.69 Å². The van der Waals surface area contributed by atoms with E-state index in [0.29, 0.717) is 31.1 Å². The average molecular weight is 673 g/mol. The lowest BCUT2D eigenvalue weighted by molar-refractivity contribution is -0.151. The van der Waals surface area contributed by atoms with Gasteiger partial charge in [-0.05, 0) is 102 Å². The zero-order valence-corrected chi connectivity index (χ0v) is 28.3. The van der Waals surface area contributed by atoms with Crippen molar-refractivity contribution in [2.24, 2.45) is 0 Å². The second-order valence-corrected chi connectivity index (χ2v) is 13.5. The number of aromatic nitrogens is 1. The molecule has 258 valence electrons. The number of fused-ring (bicyclic) bond motifs is 4. The van der Waals surface area contributed by atoms with Gasteiger partial charge in [-0.25, -0.2) is 0 Å². The van der Waals surface area contributed by atoms with Crippen molar-refractivity contribution in [3.63, 3.8) is 0 Å². The van der Waals surface area contributed by atoms with Gasteiger partial charge in [0.05, 0.1) is 11.8 Å². The van der Waals surface area contributed by atoms with Crippen LogP contribution >= 0.6 is 0 Å². The average Bonchev–Trinajstić information content (AvgIpc) is 3.70. The summed E-state index contributed by atoms with van der Waals surface area (Å²) >= 11 is 0. The predicted molar refractivity (Wildman–Crippen MR) is 195 cm³/mol. The van der Waals surface area contributed by atoms with Crippen LogP contribution in [0.3, 0.4) is 0 Å². The molecule has 1 saturated carbocycles. The number of nitrogens with zero attached hydrogens (tertiary/aromatic N) is 2. The van der Waals surface area contributed by atoms with Crippen LogP contribution in [0.15, 0.2) is 97.2 Å². The number of carbonyl (C=O) groups is 2. The second kappa shape index (κ2) is 14.9. The second-order valence-electron chi connectivity index (χ2n) is 13.5. The Morgan fingerprint density at radius 1 is 0.960 bits per heavy atom. The van der Waals surface area contributed by atoms with Crippen molar-refractivity contribution < 1.29 is 24.5 Å². The van der Waals surface area contributed by atoms with Crippen LogP contribution in [0.25, 0.3) is 22.0 Å². The summed E-state index contributed by atoms with van der Waals surface area (Å²) < 4.78 is 8.47. The van der Waals surface area contributed by atoms with Crippen molar-refractivity contribution in [2.75, 3.05) is 25.5 Å². The van der Waals surface area contributed by atoms with Gasteiger partial charge in [-0.15, -0.1) is 0 Å². The first-order valence-corrected chi connectivity index (χ1v) is 17.5. The molecule has 1 fully saturated rings. The predicted octanol–water partition coefficient (Wildman–Crippen LogP) is 6.34. The first-order valence-electron chi connectivity index (χ1n) is 17.5. The van der Waals surface area contributed by atoms with Gasteiger partial charge in [0, 0.05) is 43.9 Å². The van der Waals surface area contributed by atoms with E-state index >= 15 is 0 Å². The first kappa shape index (κ1) is 33.5. The number of hydrogen-bond acceptors (Lipinski definition) is 7. The Hall–Kier alpha value is -4.96. The minimum atomic E-state index is -0.789. The van der Waals surface area contributed by atoms with Crippen molar-refractivity contribution >= 4 is 29.0 Å². The van der Waals surface area contributed by atoms with Gasteiger partial charge in [0.1, 0.15) is 17.8 Å². The van der Waals surface area contributed by atoms with Crippen LogP contribution in [0, 0.1) is 0 Å². The molecular weight excluding hydrogens is 628 g/mol. The molecule has 7 rings (SSSR count). The number of phenols is 1. The maximum atomic E-state index is 13.5. The van der Waals surface area contributed by atoms with E-state index in [1.807, 2.05) is 24.3 Å². The number of benzene rings is 4. The summed E-state index contributed by atoms with van der Waals surface area (Å²) in [6.45, 7) is 2.73. The van der Waals surface area contributed by atoms with E-state index < -0.39 is 6.10 Å². The van der Waals surface area contributed by atoms with Crippen LogP contribution in [0.1, 0.15) is 60.0 Å². The van der Waals surface area contributed by atoms with Crippen molar-refractivity contribution in [1.29, 1.82) is 0 Å². The molecule has 0 saturated heterocycles. The smallest absolute Gasteiger partial charge is 0.318 e. The highest BCUT2D eigenvalue weighted by Gasteiger charge is 2.36. The largest absolute Gasteiger partial charge is 0.506 e. The number of aliphatic hydroxyl groups excluding tert-OH is 1. The van der Waals surface area contributed by atoms with E-state index in [2.05, 4.69) is 81.9 Å². The van der Waals surface area contributed by atoms with E-state index in [4.69, 9.17) is 4.74 Å². The molecule has 1 heterocycles. The number of aliphatic hydroxyl groups is 1. The van der Waals surface area contributed by atoms with E-state index in [1.54, 1.807) is 12.1 Å². The highest BCUT2D eigenvalue weighted by atomic mass is 16.5. The minimum absolute atomic E-state index is 0.0428. The van der Waals surface area contributed by atoms with Crippen molar-refractivity contribution in [3.8, 4) is 16.9 Å². The number of esters is 1. The molecule has 1 amide bonds. The number of likely N-dealkylation sites (N-methyl/N-ethyl adjacent to an activating group) is 1. The number of nitrogens with one attached hydrogen (secondary N) is 2. The Morgan fingerprint density at radius 2 is 1.68 bits per heavy atom. The molecule has 0 bridgehead atoms. The molecule has 0 spiro atoms. The lowest BCUT2D eigenvalue weighted by Crippen LogP contribution is -2.39. The van der Waals surface area contributed by atoms with Gasteiger partial charge in [-0.3, -0.25) is 9.59 Å². The van der Waals surface area contributed by atoms with Crippen LogP contribution < -0.4 is 10.6 Å². The van der Waals surface area contributed by atoms with Gasteiger partial charge in [0.2, 0.25) is 6.41 Å². The van der Waals surface area contributed by atoms with E-state index in [-0.39, 0.29) is 29.4 Å². The van der Waals surface area contributed by atoms with Crippen molar-refractivity contribution in [3.05, 3.63) is 119 Å². The molecule has 2 aliphatic carbocycles. The van der Waals surface area contributed by atoms with Gasteiger partial charge in [0.15, 0.2) is 0 Å². The highest BCUT2D eigenvalue weighted by molar-refractivity contribution is 5.93. The maximum absolute atomic E-state index is 13.5. The van der Waals surface area contributed by atoms with Gasteiger partial charge in [0.25, 0.3) is 0 Å².